The van der Waals surface area contributed by atoms with Gasteiger partial charge in [-0.3, -0.25) is 9.40 Å². The Kier molecular flexibility index (Phi) is 4.57. The number of sulfonamides is 1. The molecule has 108 valence electrons. The lowest BCUT2D eigenvalue weighted by molar-refractivity contribution is 0.602. The van der Waals surface area contributed by atoms with E-state index in [9.17, 15) is 8.42 Å². The minimum absolute atomic E-state index is 0.00285. The Morgan fingerprint density at radius 1 is 1.30 bits per heavy atom. The van der Waals surface area contributed by atoms with Gasteiger partial charge >= 0.3 is 0 Å². The molecule has 8 heteroatoms. The van der Waals surface area contributed by atoms with Gasteiger partial charge in [0.15, 0.2) is 5.82 Å². The SMILES string of the molecule is CCS(=O)(=O)Nc1ccn(Cc2ccc(Cl)cc2Cl)n1. The highest BCUT2D eigenvalue weighted by Crippen LogP contribution is 2.21. The normalized spacial score (nSPS) is 11.6. The van der Waals surface area contributed by atoms with Gasteiger partial charge in [0, 0.05) is 22.3 Å². The van der Waals surface area contributed by atoms with Gasteiger partial charge < -0.3 is 0 Å². The van der Waals surface area contributed by atoms with Crippen molar-refractivity contribution < 1.29 is 8.42 Å². The molecule has 5 nitrogen and oxygen atoms in total. The minimum Gasteiger partial charge on any atom is -0.266 e. The predicted molar refractivity (Wildman–Crippen MR) is 80.9 cm³/mol. The molecule has 1 N–H and O–H groups in total. The molecule has 0 amide bonds. The van der Waals surface area contributed by atoms with Crippen molar-refractivity contribution in [2.45, 2.75) is 13.5 Å². The van der Waals surface area contributed by atoms with Crippen molar-refractivity contribution in [3.63, 3.8) is 0 Å². The smallest absolute Gasteiger partial charge is 0.233 e. The van der Waals surface area contributed by atoms with Crippen molar-refractivity contribution in [1.29, 1.82) is 0 Å². The second-order valence-corrected chi connectivity index (χ2v) is 6.99. The third-order valence-corrected chi connectivity index (χ3v) is 4.50. The third-order valence-electron chi connectivity index (χ3n) is 2.63. The lowest BCUT2D eigenvalue weighted by Crippen LogP contribution is -2.15. The Bertz CT molecular complexity index is 713. The van der Waals surface area contributed by atoms with E-state index < -0.39 is 10.0 Å². The van der Waals surface area contributed by atoms with Crippen LogP contribution < -0.4 is 4.72 Å². The van der Waals surface area contributed by atoms with E-state index in [1.165, 1.54) is 0 Å². The topological polar surface area (TPSA) is 64.0 Å². The first-order valence-corrected chi connectivity index (χ1v) is 8.28. The molecule has 2 rings (SSSR count). The molecular weight excluding hydrogens is 321 g/mol. The van der Waals surface area contributed by atoms with E-state index in [0.717, 1.165) is 5.56 Å². The van der Waals surface area contributed by atoms with E-state index in [-0.39, 0.29) is 11.6 Å². The fourth-order valence-corrected chi connectivity index (χ4v) is 2.60. The number of hydrogen-bond donors (Lipinski definition) is 1. The van der Waals surface area contributed by atoms with Gasteiger partial charge in [0.25, 0.3) is 0 Å². The first-order chi connectivity index (χ1) is 9.39. The number of hydrogen-bond acceptors (Lipinski definition) is 3. The monoisotopic (exact) mass is 333 g/mol. The zero-order valence-electron chi connectivity index (χ0n) is 10.7. The summed E-state index contributed by atoms with van der Waals surface area (Å²) in [6.45, 7) is 2.00. The number of rotatable bonds is 5. The quantitative estimate of drug-likeness (QED) is 0.914. The Balaban J connectivity index is 2.13. The van der Waals surface area contributed by atoms with Gasteiger partial charge in [-0.15, -0.1) is 0 Å². The second kappa shape index (κ2) is 6.03. The van der Waals surface area contributed by atoms with Gasteiger partial charge in [-0.05, 0) is 24.6 Å². The van der Waals surface area contributed by atoms with Gasteiger partial charge in [-0.2, -0.15) is 5.10 Å². The Morgan fingerprint density at radius 3 is 2.70 bits per heavy atom. The van der Waals surface area contributed by atoms with Crippen molar-refractivity contribution >= 4 is 39.0 Å². The van der Waals surface area contributed by atoms with Gasteiger partial charge in [-0.1, -0.05) is 29.3 Å². The van der Waals surface area contributed by atoms with Crippen LogP contribution in [0.25, 0.3) is 0 Å². The van der Waals surface area contributed by atoms with Crippen LogP contribution >= 0.6 is 23.2 Å². The number of nitrogens with zero attached hydrogens (tertiary/aromatic N) is 2. The summed E-state index contributed by atoms with van der Waals surface area (Å²) in [4.78, 5) is 0. The molecule has 0 saturated heterocycles. The van der Waals surface area contributed by atoms with Gasteiger partial charge in [0.1, 0.15) is 0 Å². The molecule has 2 aromatic rings. The molecule has 20 heavy (non-hydrogen) atoms. The van der Waals surface area contributed by atoms with E-state index in [1.807, 2.05) is 6.07 Å². The number of halogens is 2. The van der Waals surface area contributed by atoms with Gasteiger partial charge in [0.2, 0.25) is 10.0 Å². The van der Waals surface area contributed by atoms with Gasteiger partial charge in [0.05, 0.1) is 12.3 Å². The molecule has 0 aliphatic carbocycles. The van der Waals surface area contributed by atoms with E-state index in [4.69, 9.17) is 23.2 Å². The Labute approximate surface area is 127 Å². The van der Waals surface area contributed by atoms with Crippen molar-refractivity contribution in [2.24, 2.45) is 0 Å². The van der Waals surface area contributed by atoms with Crippen LogP contribution in [0.15, 0.2) is 30.5 Å². The second-order valence-electron chi connectivity index (χ2n) is 4.14. The summed E-state index contributed by atoms with van der Waals surface area (Å²) in [5.41, 5.74) is 0.851. The fourth-order valence-electron chi connectivity index (χ4n) is 1.56. The number of nitrogens with one attached hydrogen (secondary N) is 1. The molecule has 1 aromatic heterocycles. The first-order valence-electron chi connectivity index (χ1n) is 5.87. The molecule has 0 fully saturated rings. The fraction of sp³-hybridized carbons (Fsp3) is 0.250. The summed E-state index contributed by atoms with van der Waals surface area (Å²) in [6.07, 6.45) is 1.68. The predicted octanol–water partition coefficient (Wildman–Crippen LogP) is 3.00. The highest BCUT2D eigenvalue weighted by atomic mass is 35.5. The maximum atomic E-state index is 11.4. The Morgan fingerprint density at radius 2 is 2.05 bits per heavy atom. The van der Waals surface area contributed by atoms with Crippen LogP contribution in [-0.2, 0) is 16.6 Å². The van der Waals surface area contributed by atoms with Crippen LogP contribution in [0, 0.1) is 0 Å². The lowest BCUT2D eigenvalue weighted by Gasteiger charge is -2.05. The summed E-state index contributed by atoms with van der Waals surface area (Å²) in [5.74, 6) is 0.292. The van der Waals surface area contributed by atoms with Crippen LogP contribution in [0.1, 0.15) is 12.5 Å². The zero-order chi connectivity index (χ0) is 14.8. The molecule has 0 aliphatic rings. The van der Waals surface area contributed by atoms with E-state index >= 15 is 0 Å². The molecule has 0 spiro atoms. The van der Waals surface area contributed by atoms with E-state index in [0.29, 0.717) is 16.6 Å². The average Bonchev–Trinajstić information content (AvgIpc) is 2.79. The third kappa shape index (κ3) is 3.88. The minimum atomic E-state index is -3.32. The largest absolute Gasteiger partial charge is 0.266 e. The van der Waals surface area contributed by atoms with Crippen molar-refractivity contribution in [1.82, 2.24) is 9.78 Å². The summed E-state index contributed by atoms with van der Waals surface area (Å²) in [5, 5.41) is 5.25. The van der Waals surface area contributed by atoms with Crippen LogP contribution in [-0.4, -0.2) is 24.0 Å². The zero-order valence-corrected chi connectivity index (χ0v) is 13.0. The van der Waals surface area contributed by atoms with E-state index in [1.54, 1.807) is 36.0 Å². The lowest BCUT2D eigenvalue weighted by atomic mass is 10.2. The molecule has 0 aliphatic heterocycles. The van der Waals surface area contributed by atoms with Crippen molar-refractivity contribution in [2.75, 3.05) is 10.5 Å². The summed E-state index contributed by atoms with van der Waals surface area (Å²) in [7, 11) is -3.32. The molecule has 1 heterocycles. The molecule has 1 aromatic carbocycles. The van der Waals surface area contributed by atoms with Crippen LogP contribution in [0.3, 0.4) is 0 Å². The summed E-state index contributed by atoms with van der Waals surface area (Å²) in [6, 6.07) is 6.80. The Hall–Kier alpha value is -1.24. The maximum Gasteiger partial charge on any atom is 0.233 e. The van der Waals surface area contributed by atoms with Crippen molar-refractivity contribution in [3.05, 3.63) is 46.1 Å². The molecule has 0 radical (unpaired) electrons. The number of anilines is 1. The highest BCUT2D eigenvalue weighted by molar-refractivity contribution is 7.92. The van der Waals surface area contributed by atoms with Gasteiger partial charge in [-0.25, -0.2) is 8.42 Å². The standard InChI is InChI=1S/C12H13Cl2N3O2S/c1-2-20(18,19)16-12-5-6-17(15-12)8-9-3-4-10(13)7-11(9)14/h3-7H,2,8H2,1H3,(H,15,16). The molecule has 0 bridgehead atoms. The first kappa shape index (κ1) is 15.2. The molecule has 0 saturated carbocycles. The summed E-state index contributed by atoms with van der Waals surface area (Å²) >= 11 is 11.9. The average molecular weight is 334 g/mol. The van der Waals surface area contributed by atoms with Crippen LogP contribution in [0.2, 0.25) is 10.0 Å². The van der Waals surface area contributed by atoms with E-state index in [2.05, 4.69) is 9.82 Å². The van der Waals surface area contributed by atoms with Crippen molar-refractivity contribution in [3.8, 4) is 0 Å². The van der Waals surface area contributed by atoms with Crippen LogP contribution in [0.4, 0.5) is 5.82 Å². The summed E-state index contributed by atoms with van der Waals surface area (Å²) < 4.78 is 26.8. The molecule has 0 unspecified atom stereocenters. The molecule has 0 atom stereocenters. The number of benzene rings is 1. The highest BCUT2D eigenvalue weighted by Gasteiger charge is 2.09. The maximum absolute atomic E-state index is 11.4. The van der Waals surface area contributed by atoms with Crippen LogP contribution in [0.5, 0.6) is 0 Å². The number of aromatic nitrogens is 2. The molecular formula is C12H13Cl2N3O2S.